The zero-order valence-corrected chi connectivity index (χ0v) is 19.7. The van der Waals surface area contributed by atoms with Gasteiger partial charge in [-0.1, -0.05) is 48.5 Å². The number of carbonyl (C=O) groups is 1. The molecule has 3 aromatic rings. The van der Waals surface area contributed by atoms with Crippen LogP contribution in [0.3, 0.4) is 0 Å². The lowest BCUT2D eigenvalue weighted by atomic mass is 10.0. The molecule has 1 aliphatic heterocycles. The molecule has 182 valence electrons. The van der Waals surface area contributed by atoms with Crippen LogP contribution in [0.5, 0.6) is 11.5 Å². The van der Waals surface area contributed by atoms with E-state index >= 15 is 0 Å². The first-order chi connectivity index (χ1) is 17.1. The fraction of sp³-hybridized carbons (Fsp3) is 0.321. The van der Waals surface area contributed by atoms with Crippen molar-refractivity contribution in [1.29, 1.82) is 0 Å². The van der Waals surface area contributed by atoms with Gasteiger partial charge in [0.05, 0.1) is 25.9 Å². The van der Waals surface area contributed by atoms with Gasteiger partial charge in [0.25, 0.3) is 0 Å². The topological polar surface area (TPSA) is 75.3 Å². The number of hydrogen-bond donors (Lipinski definition) is 1. The van der Waals surface area contributed by atoms with Gasteiger partial charge in [-0.25, -0.2) is 4.79 Å². The molecule has 2 fully saturated rings. The van der Waals surface area contributed by atoms with E-state index in [0.717, 1.165) is 40.8 Å². The molecule has 0 unspecified atom stereocenters. The van der Waals surface area contributed by atoms with Crippen LogP contribution in [0.1, 0.15) is 41.4 Å². The van der Waals surface area contributed by atoms with Crippen molar-refractivity contribution < 1.29 is 28.5 Å². The average Bonchev–Trinajstić information content (AvgIpc) is 3.47. The predicted molar refractivity (Wildman–Crippen MR) is 129 cm³/mol. The molecule has 1 N–H and O–H groups in total. The lowest BCUT2D eigenvalue weighted by Crippen LogP contribution is -2.35. The number of ether oxygens (including phenoxy) is 5. The first-order valence-corrected chi connectivity index (χ1v) is 11.8. The highest BCUT2D eigenvalue weighted by molar-refractivity contribution is 5.69. The summed E-state index contributed by atoms with van der Waals surface area (Å²) >= 11 is 0. The summed E-state index contributed by atoms with van der Waals surface area (Å²) in [5.74, 6) is 1.47. The van der Waals surface area contributed by atoms with Crippen LogP contribution in [-0.2, 0) is 33.0 Å². The van der Waals surface area contributed by atoms with Gasteiger partial charge < -0.3 is 29.0 Å². The van der Waals surface area contributed by atoms with Crippen molar-refractivity contribution in [1.82, 2.24) is 5.32 Å². The van der Waals surface area contributed by atoms with E-state index in [-0.39, 0.29) is 6.61 Å². The van der Waals surface area contributed by atoms with Crippen molar-refractivity contribution in [2.45, 2.75) is 37.9 Å². The highest BCUT2D eigenvalue weighted by Crippen LogP contribution is 2.47. The SMILES string of the molecule is COc1ccc(COc2cc(C3(NC(=O)OCc4ccccc4)CC3)ccc2C2OCCO2)cc1. The van der Waals surface area contributed by atoms with Gasteiger partial charge in [0.1, 0.15) is 24.7 Å². The lowest BCUT2D eigenvalue weighted by Gasteiger charge is -2.22. The Bertz CT molecular complexity index is 1140. The molecule has 3 aromatic carbocycles. The number of hydrogen-bond acceptors (Lipinski definition) is 6. The Morgan fingerprint density at radius 2 is 1.66 bits per heavy atom. The zero-order chi connectivity index (χ0) is 24.1. The highest BCUT2D eigenvalue weighted by Gasteiger charge is 2.46. The fourth-order valence-corrected chi connectivity index (χ4v) is 4.14. The highest BCUT2D eigenvalue weighted by atomic mass is 16.7. The Morgan fingerprint density at radius 3 is 2.34 bits per heavy atom. The van der Waals surface area contributed by atoms with Crippen LogP contribution >= 0.6 is 0 Å². The molecule has 1 heterocycles. The van der Waals surface area contributed by atoms with Crippen molar-refractivity contribution >= 4 is 6.09 Å². The van der Waals surface area contributed by atoms with Crippen LogP contribution in [0.4, 0.5) is 4.79 Å². The third-order valence-electron chi connectivity index (χ3n) is 6.30. The summed E-state index contributed by atoms with van der Waals surface area (Å²) in [6.45, 7) is 1.70. The quantitative estimate of drug-likeness (QED) is 0.457. The molecular weight excluding hydrogens is 446 g/mol. The van der Waals surface area contributed by atoms with Crippen molar-refractivity contribution in [3.05, 3.63) is 95.1 Å². The Morgan fingerprint density at radius 1 is 0.943 bits per heavy atom. The molecule has 2 aliphatic rings. The van der Waals surface area contributed by atoms with E-state index in [1.165, 1.54) is 0 Å². The van der Waals surface area contributed by atoms with Crippen LogP contribution in [0.2, 0.25) is 0 Å². The first kappa shape index (κ1) is 23.2. The molecule has 1 aliphatic carbocycles. The first-order valence-electron chi connectivity index (χ1n) is 11.8. The van der Waals surface area contributed by atoms with E-state index in [9.17, 15) is 4.79 Å². The molecule has 1 saturated heterocycles. The standard InChI is InChI=1S/C28H29NO6/c1-31-23-10-7-21(8-11-23)18-34-25-17-22(9-12-24(25)26-32-15-16-33-26)28(13-14-28)29-27(30)35-19-20-5-3-2-4-6-20/h2-12,17,26H,13-16,18-19H2,1H3,(H,29,30). The van der Waals surface area contributed by atoms with E-state index in [1.807, 2.05) is 72.8 Å². The number of nitrogens with one attached hydrogen (secondary N) is 1. The van der Waals surface area contributed by atoms with Gasteiger partial charge >= 0.3 is 6.09 Å². The smallest absolute Gasteiger partial charge is 0.408 e. The van der Waals surface area contributed by atoms with Gasteiger partial charge in [-0.3, -0.25) is 0 Å². The van der Waals surface area contributed by atoms with Crippen LogP contribution in [-0.4, -0.2) is 26.4 Å². The van der Waals surface area contributed by atoms with Crippen LogP contribution in [0, 0.1) is 0 Å². The molecule has 7 heteroatoms. The molecule has 0 radical (unpaired) electrons. The van der Waals surface area contributed by atoms with Crippen LogP contribution in [0.25, 0.3) is 0 Å². The second-order valence-electron chi connectivity index (χ2n) is 8.73. The van der Waals surface area contributed by atoms with Gasteiger partial charge in [0.2, 0.25) is 0 Å². The predicted octanol–water partition coefficient (Wildman–Crippen LogP) is 5.24. The Balaban J connectivity index is 1.30. The monoisotopic (exact) mass is 475 g/mol. The molecule has 5 rings (SSSR count). The number of rotatable bonds is 9. The third-order valence-corrected chi connectivity index (χ3v) is 6.30. The maximum atomic E-state index is 12.6. The molecule has 0 bridgehead atoms. The van der Waals surface area contributed by atoms with E-state index in [0.29, 0.717) is 25.6 Å². The summed E-state index contributed by atoms with van der Waals surface area (Å²) in [5.41, 5.74) is 3.31. The van der Waals surface area contributed by atoms with E-state index in [2.05, 4.69) is 5.32 Å². The average molecular weight is 476 g/mol. The Kier molecular flexibility index (Phi) is 6.88. The van der Waals surface area contributed by atoms with Gasteiger partial charge in [-0.15, -0.1) is 0 Å². The number of benzene rings is 3. The summed E-state index contributed by atoms with van der Waals surface area (Å²) < 4.78 is 28.4. The maximum Gasteiger partial charge on any atom is 0.408 e. The van der Waals surface area contributed by atoms with Crippen molar-refractivity contribution in [3.8, 4) is 11.5 Å². The summed E-state index contributed by atoms with van der Waals surface area (Å²) in [7, 11) is 1.64. The summed E-state index contributed by atoms with van der Waals surface area (Å²) in [6.07, 6.45) is 0.773. The molecule has 7 nitrogen and oxygen atoms in total. The fourth-order valence-electron chi connectivity index (χ4n) is 4.14. The molecule has 35 heavy (non-hydrogen) atoms. The molecule has 1 saturated carbocycles. The molecule has 1 amide bonds. The summed E-state index contributed by atoms with van der Waals surface area (Å²) in [4.78, 5) is 12.6. The Hall–Kier alpha value is -3.55. The van der Waals surface area contributed by atoms with E-state index in [4.69, 9.17) is 23.7 Å². The van der Waals surface area contributed by atoms with Crippen molar-refractivity contribution in [2.75, 3.05) is 20.3 Å². The third kappa shape index (κ3) is 5.58. The van der Waals surface area contributed by atoms with Crippen molar-refractivity contribution in [2.24, 2.45) is 0 Å². The number of alkyl carbamates (subject to hydrolysis) is 1. The minimum atomic E-state index is -0.464. The van der Waals surface area contributed by atoms with E-state index < -0.39 is 17.9 Å². The van der Waals surface area contributed by atoms with Crippen molar-refractivity contribution in [3.63, 3.8) is 0 Å². The second-order valence-corrected chi connectivity index (χ2v) is 8.73. The lowest BCUT2D eigenvalue weighted by molar-refractivity contribution is -0.0459. The maximum absolute atomic E-state index is 12.6. The number of methoxy groups -OCH3 is 1. The largest absolute Gasteiger partial charge is 0.497 e. The van der Waals surface area contributed by atoms with Gasteiger partial charge in [0.15, 0.2) is 6.29 Å². The summed E-state index contributed by atoms with van der Waals surface area (Å²) in [5, 5.41) is 3.06. The van der Waals surface area contributed by atoms with E-state index in [1.54, 1.807) is 7.11 Å². The summed E-state index contributed by atoms with van der Waals surface area (Å²) in [6, 6.07) is 23.3. The normalized spacial score (nSPS) is 16.5. The molecule has 0 spiro atoms. The van der Waals surface area contributed by atoms with Crippen LogP contribution in [0.15, 0.2) is 72.8 Å². The minimum Gasteiger partial charge on any atom is -0.497 e. The zero-order valence-electron chi connectivity index (χ0n) is 19.7. The second kappa shape index (κ2) is 10.4. The molecular formula is C28H29NO6. The molecule has 0 atom stereocenters. The van der Waals surface area contributed by atoms with Gasteiger partial charge in [-0.05, 0) is 53.8 Å². The molecule has 0 aromatic heterocycles. The number of carbonyl (C=O) groups excluding carboxylic acids is 1. The van der Waals surface area contributed by atoms with Gasteiger partial charge in [-0.2, -0.15) is 0 Å². The van der Waals surface area contributed by atoms with Crippen LogP contribution < -0.4 is 14.8 Å². The minimum absolute atomic E-state index is 0.230. The van der Waals surface area contributed by atoms with Gasteiger partial charge in [0, 0.05) is 5.56 Å². The number of amides is 1. The Labute approximate surface area is 204 Å².